The van der Waals surface area contributed by atoms with Crippen LogP contribution in [-0.2, 0) is 12.0 Å². The van der Waals surface area contributed by atoms with Crippen LogP contribution in [0.25, 0.3) is 39.2 Å². The number of anilines is 1. The van der Waals surface area contributed by atoms with Crippen LogP contribution in [0.15, 0.2) is 67.1 Å². The number of fused-ring (bicyclic) bond motifs is 2. The van der Waals surface area contributed by atoms with E-state index in [1.807, 2.05) is 41.3 Å². The van der Waals surface area contributed by atoms with Gasteiger partial charge in [-0.2, -0.15) is 5.10 Å². The molecule has 0 amide bonds. The Balaban J connectivity index is 1.57. The number of ether oxygens (including phenoxy) is 1. The van der Waals surface area contributed by atoms with Crippen LogP contribution in [0.5, 0.6) is 5.75 Å². The van der Waals surface area contributed by atoms with Crippen LogP contribution in [0.4, 0.5) is 5.82 Å². The van der Waals surface area contributed by atoms with E-state index >= 15 is 0 Å². The maximum Gasteiger partial charge on any atom is 0.143 e. The summed E-state index contributed by atoms with van der Waals surface area (Å²) in [7, 11) is 1.69. The van der Waals surface area contributed by atoms with Crippen LogP contribution in [-0.4, -0.2) is 38.0 Å². The van der Waals surface area contributed by atoms with Gasteiger partial charge in [-0.25, -0.2) is 14.6 Å². The van der Waals surface area contributed by atoms with Crippen molar-refractivity contribution in [1.29, 1.82) is 0 Å². The second-order valence-electron chi connectivity index (χ2n) is 9.89. The zero-order valence-electron chi connectivity index (χ0n) is 20.4. The highest BCUT2D eigenvalue weighted by Gasteiger charge is 2.25. The van der Waals surface area contributed by atoms with Gasteiger partial charge < -0.3 is 14.6 Å². The van der Waals surface area contributed by atoms with E-state index in [0.717, 1.165) is 63.8 Å². The molecule has 176 valence electrons. The van der Waals surface area contributed by atoms with Gasteiger partial charge in [-0.05, 0) is 80.8 Å². The fraction of sp³-hybridized carbons (Fsp3) is 0.250. The van der Waals surface area contributed by atoms with Gasteiger partial charge in [-0.3, -0.25) is 0 Å². The number of benzene rings is 2. The lowest BCUT2D eigenvalue weighted by atomic mass is 10.0. The third-order valence-corrected chi connectivity index (χ3v) is 6.51. The molecule has 0 unspecified atom stereocenters. The predicted octanol–water partition coefficient (Wildman–Crippen LogP) is 5.68. The number of aromatic nitrogens is 5. The van der Waals surface area contributed by atoms with Gasteiger partial charge in [0.1, 0.15) is 17.4 Å². The van der Waals surface area contributed by atoms with Crippen molar-refractivity contribution < 1.29 is 4.74 Å². The van der Waals surface area contributed by atoms with Crippen molar-refractivity contribution in [3.63, 3.8) is 0 Å². The highest BCUT2D eigenvalue weighted by Crippen LogP contribution is 2.37. The van der Waals surface area contributed by atoms with Gasteiger partial charge in [0.2, 0.25) is 0 Å². The standard InChI is InChI=1S/C28H28N6O/c1-28(2,3)34-25-8-6-18(20-14-19-10-12-29-26(19)30-17-20)15-23(25)32-27(34)22-16-21(35-4)7-9-24(22)33-13-5-11-31-33/h5-9,11,13-17H,10,12H2,1-4H3,(H,29,30). The first kappa shape index (κ1) is 21.4. The number of pyridine rings is 1. The monoisotopic (exact) mass is 464 g/mol. The Kier molecular flexibility index (Phi) is 4.88. The topological polar surface area (TPSA) is 69.8 Å². The maximum absolute atomic E-state index is 5.58. The van der Waals surface area contributed by atoms with Crippen molar-refractivity contribution in [3.05, 3.63) is 72.7 Å². The molecule has 0 aliphatic carbocycles. The van der Waals surface area contributed by atoms with Crippen LogP contribution in [0.2, 0.25) is 0 Å². The van der Waals surface area contributed by atoms with Crippen molar-refractivity contribution in [3.8, 4) is 34.0 Å². The molecule has 0 radical (unpaired) electrons. The Hall–Kier alpha value is -4.13. The fourth-order valence-corrected chi connectivity index (χ4v) is 4.89. The van der Waals surface area contributed by atoms with E-state index in [4.69, 9.17) is 9.72 Å². The molecule has 0 fully saturated rings. The first-order valence-corrected chi connectivity index (χ1v) is 11.9. The number of hydrogen-bond donors (Lipinski definition) is 1. The molecule has 3 aromatic heterocycles. The summed E-state index contributed by atoms with van der Waals surface area (Å²) in [6.07, 6.45) is 6.68. The zero-order chi connectivity index (χ0) is 24.2. The summed E-state index contributed by atoms with van der Waals surface area (Å²) in [6.45, 7) is 7.56. The van der Waals surface area contributed by atoms with Gasteiger partial charge in [-0.1, -0.05) is 6.07 Å². The predicted molar refractivity (Wildman–Crippen MR) is 139 cm³/mol. The maximum atomic E-state index is 5.58. The molecule has 6 rings (SSSR count). The van der Waals surface area contributed by atoms with Gasteiger partial charge >= 0.3 is 0 Å². The molecule has 7 nitrogen and oxygen atoms in total. The molecule has 35 heavy (non-hydrogen) atoms. The summed E-state index contributed by atoms with van der Waals surface area (Å²) >= 11 is 0. The number of methoxy groups -OCH3 is 1. The molecule has 7 heteroatoms. The van der Waals surface area contributed by atoms with E-state index in [0.29, 0.717) is 0 Å². The highest BCUT2D eigenvalue weighted by molar-refractivity contribution is 5.87. The normalized spacial score (nSPS) is 13.1. The summed E-state index contributed by atoms with van der Waals surface area (Å²) < 4.78 is 9.76. The van der Waals surface area contributed by atoms with Crippen LogP contribution in [0.3, 0.4) is 0 Å². The minimum Gasteiger partial charge on any atom is -0.497 e. The van der Waals surface area contributed by atoms with Crippen molar-refractivity contribution in [2.45, 2.75) is 32.7 Å². The number of hydrogen-bond acceptors (Lipinski definition) is 5. The Morgan fingerprint density at radius 2 is 1.91 bits per heavy atom. The second kappa shape index (κ2) is 7.98. The fourth-order valence-electron chi connectivity index (χ4n) is 4.89. The minimum absolute atomic E-state index is 0.198. The Morgan fingerprint density at radius 1 is 1.03 bits per heavy atom. The summed E-state index contributed by atoms with van der Waals surface area (Å²) in [6, 6.07) is 16.7. The van der Waals surface area contributed by atoms with Crippen molar-refractivity contribution in [2.24, 2.45) is 0 Å². The smallest absolute Gasteiger partial charge is 0.143 e. The van der Waals surface area contributed by atoms with E-state index in [1.54, 1.807) is 13.3 Å². The van der Waals surface area contributed by atoms with Crippen molar-refractivity contribution in [1.82, 2.24) is 24.3 Å². The van der Waals surface area contributed by atoms with Crippen LogP contribution < -0.4 is 10.1 Å². The van der Waals surface area contributed by atoms with E-state index in [2.05, 4.69) is 65.0 Å². The first-order valence-electron chi connectivity index (χ1n) is 11.9. The zero-order valence-corrected chi connectivity index (χ0v) is 20.4. The number of rotatable bonds is 4. The lowest BCUT2D eigenvalue weighted by Crippen LogP contribution is -2.23. The molecule has 1 aliphatic heterocycles. The Labute approximate surface area is 204 Å². The highest BCUT2D eigenvalue weighted by atomic mass is 16.5. The molecule has 0 atom stereocenters. The summed E-state index contributed by atoms with van der Waals surface area (Å²) in [5.74, 6) is 2.66. The van der Waals surface area contributed by atoms with Gasteiger partial charge in [0, 0.05) is 41.8 Å². The SMILES string of the molecule is COc1ccc(-n2cccn2)c(-c2nc3cc(-c4cnc5c(c4)CCN5)ccc3n2C(C)(C)C)c1. The van der Waals surface area contributed by atoms with Crippen LogP contribution >= 0.6 is 0 Å². The summed E-state index contributed by atoms with van der Waals surface area (Å²) in [5.41, 5.74) is 7.24. The van der Waals surface area contributed by atoms with E-state index in [-0.39, 0.29) is 5.54 Å². The molecule has 1 aliphatic rings. The molecule has 4 heterocycles. The lowest BCUT2D eigenvalue weighted by Gasteiger charge is -2.25. The Bertz CT molecular complexity index is 1540. The van der Waals surface area contributed by atoms with E-state index < -0.39 is 0 Å². The van der Waals surface area contributed by atoms with Gasteiger partial charge in [0.05, 0.1) is 23.8 Å². The molecular weight excluding hydrogens is 436 g/mol. The molecule has 5 aromatic rings. The molecule has 0 saturated carbocycles. The molecular formula is C28H28N6O. The quantitative estimate of drug-likeness (QED) is 0.370. The second-order valence-corrected chi connectivity index (χ2v) is 9.89. The molecule has 0 saturated heterocycles. The molecule has 2 aromatic carbocycles. The average molecular weight is 465 g/mol. The summed E-state index contributed by atoms with van der Waals surface area (Å²) in [5, 5.41) is 7.82. The lowest BCUT2D eigenvalue weighted by molar-refractivity contribution is 0.410. The van der Waals surface area contributed by atoms with Gasteiger partial charge in [0.15, 0.2) is 0 Å². The van der Waals surface area contributed by atoms with Gasteiger partial charge in [-0.15, -0.1) is 0 Å². The van der Waals surface area contributed by atoms with Crippen LogP contribution in [0.1, 0.15) is 26.3 Å². The number of nitrogens with zero attached hydrogens (tertiary/aromatic N) is 5. The third kappa shape index (κ3) is 3.64. The summed E-state index contributed by atoms with van der Waals surface area (Å²) in [4.78, 5) is 9.81. The van der Waals surface area contributed by atoms with Crippen LogP contribution in [0, 0.1) is 0 Å². The van der Waals surface area contributed by atoms with Gasteiger partial charge in [0.25, 0.3) is 0 Å². The number of nitrogens with one attached hydrogen (secondary N) is 1. The number of imidazole rings is 1. The average Bonchev–Trinajstić information content (AvgIpc) is 3.61. The molecule has 0 bridgehead atoms. The van der Waals surface area contributed by atoms with E-state index in [1.165, 1.54) is 5.56 Å². The minimum atomic E-state index is -0.198. The van der Waals surface area contributed by atoms with Crippen molar-refractivity contribution >= 4 is 16.9 Å². The largest absolute Gasteiger partial charge is 0.497 e. The van der Waals surface area contributed by atoms with Crippen molar-refractivity contribution in [2.75, 3.05) is 19.0 Å². The Morgan fingerprint density at radius 3 is 2.69 bits per heavy atom. The molecule has 0 spiro atoms. The molecule has 1 N–H and O–H groups in total. The van der Waals surface area contributed by atoms with E-state index in [9.17, 15) is 0 Å². The third-order valence-electron chi connectivity index (χ3n) is 6.51. The first-order chi connectivity index (χ1) is 16.9.